The van der Waals surface area contributed by atoms with Crippen molar-refractivity contribution >= 4 is 21.7 Å². The number of aromatic nitrogens is 2. The Bertz CT molecular complexity index is 1580. The van der Waals surface area contributed by atoms with E-state index in [1.54, 1.807) is 0 Å². The van der Waals surface area contributed by atoms with Gasteiger partial charge in [0, 0.05) is 18.8 Å². The highest BCUT2D eigenvalue weighted by Crippen LogP contribution is 2.32. The van der Waals surface area contributed by atoms with Gasteiger partial charge in [0.25, 0.3) is 5.91 Å². The van der Waals surface area contributed by atoms with Crippen LogP contribution >= 0.6 is 0 Å². The third kappa shape index (κ3) is 8.64. The molecule has 1 aliphatic rings. The Morgan fingerprint density at radius 2 is 1.70 bits per heavy atom. The number of carbonyl (C=O) groups excluding carboxylic acids is 1. The number of alkyl halides is 6. The maximum absolute atomic E-state index is 13.5. The van der Waals surface area contributed by atoms with Gasteiger partial charge in [0.15, 0.2) is 16.5 Å². The molecule has 3 aromatic rings. The molecule has 2 aromatic carbocycles. The zero-order valence-corrected chi connectivity index (χ0v) is 25.1. The molecule has 10 nitrogen and oxygen atoms in total. The van der Waals surface area contributed by atoms with E-state index in [9.17, 15) is 44.7 Å². The first kappa shape index (κ1) is 34.9. The van der Waals surface area contributed by atoms with Crippen LogP contribution in [0.5, 0.6) is 5.75 Å². The lowest BCUT2D eigenvalue weighted by Crippen LogP contribution is -2.38. The summed E-state index contributed by atoms with van der Waals surface area (Å²) in [5.74, 6) is -0.687. The summed E-state index contributed by atoms with van der Waals surface area (Å²) in [7, 11) is -3.44. The fourth-order valence-corrected chi connectivity index (χ4v) is 5.55. The molecule has 2 heterocycles. The molecular formula is C29H30F6N4O6S. The number of rotatable bonds is 13. The van der Waals surface area contributed by atoms with Crippen molar-refractivity contribution < 1.29 is 54.1 Å². The van der Waals surface area contributed by atoms with Gasteiger partial charge in [-0.3, -0.25) is 4.79 Å². The maximum atomic E-state index is 13.5. The third-order valence-electron chi connectivity index (χ3n) is 7.17. The third-order valence-corrected chi connectivity index (χ3v) is 8.92. The zero-order valence-electron chi connectivity index (χ0n) is 24.3. The molecule has 250 valence electrons. The quantitative estimate of drug-likeness (QED) is 0.254. The average molecular weight is 677 g/mol. The van der Waals surface area contributed by atoms with Gasteiger partial charge >= 0.3 is 12.3 Å². The molecule has 1 saturated heterocycles. The van der Waals surface area contributed by atoms with Gasteiger partial charge in [0.1, 0.15) is 11.9 Å². The van der Waals surface area contributed by atoms with E-state index >= 15 is 0 Å². The Balaban J connectivity index is 1.46. The number of nitrogens with one attached hydrogen (secondary N) is 1. The van der Waals surface area contributed by atoms with Crippen molar-refractivity contribution in [1.29, 1.82) is 0 Å². The van der Waals surface area contributed by atoms with Crippen molar-refractivity contribution in [1.82, 2.24) is 15.3 Å². The first-order valence-corrected chi connectivity index (χ1v) is 15.6. The SMILES string of the molecule is CCS(=O)(=O)c1ccc([C@H](CO)NC(=O)c2cnc(N3C[C@H](Oc4ccc(C(F)(F)F)cc4)C[C@H]3COC(F)(F)CF)nc2)cc1. The molecule has 0 bridgehead atoms. The van der Waals surface area contributed by atoms with E-state index in [1.807, 2.05) is 0 Å². The monoisotopic (exact) mass is 676 g/mol. The topological polar surface area (TPSA) is 131 Å². The van der Waals surface area contributed by atoms with E-state index in [1.165, 1.54) is 36.1 Å². The lowest BCUT2D eigenvalue weighted by atomic mass is 10.1. The first-order chi connectivity index (χ1) is 21.7. The number of carbonyl (C=O) groups is 1. The number of halogens is 6. The number of aliphatic hydroxyl groups is 1. The first-order valence-electron chi connectivity index (χ1n) is 13.9. The van der Waals surface area contributed by atoms with Crippen molar-refractivity contribution in [2.24, 2.45) is 0 Å². The number of hydrogen-bond acceptors (Lipinski definition) is 9. The Kier molecular flexibility index (Phi) is 10.8. The second-order valence-electron chi connectivity index (χ2n) is 10.3. The number of amides is 1. The summed E-state index contributed by atoms with van der Waals surface area (Å²) in [6.07, 6.45) is -6.96. The van der Waals surface area contributed by atoms with E-state index in [-0.39, 0.29) is 40.9 Å². The van der Waals surface area contributed by atoms with Gasteiger partial charge < -0.3 is 24.8 Å². The van der Waals surface area contributed by atoms with Crippen LogP contribution in [0.25, 0.3) is 0 Å². The number of sulfone groups is 1. The van der Waals surface area contributed by atoms with Crippen molar-refractivity contribution in [2.75, 3.05) is 37.1 Å². The van der Waals surface area contributed by atoms with Crippen LogP contribution in [0.2, 0.25) is 0 Å². The number of anilines is 1. The van der Waals surface area contributed by atoms with Crippen LogP contribution in [-0.2, 0) is 20.8 Å². The summed E-state index contributed by atoms with van der Waals surface area (Å²) >= 11 is 0. The summed E-state index contributed by atoms with van der Waals surface area (Å²) in [6, 6.07) is 7.85. The lowest BCUT2D eigenvalue weighted by Gasteiger charge is -2.25. The molecule has 1 amide bonds. The number of hydrogen-bond donors (Lipinski definition) is 2. The van der Waals surface area contributed by atoms with Gasteiger partial charge in [-0.1, -0.05) is 19.1 Å². The molecular weight excluding hydrogens is 646 g/mol. The van der Waals surface area contributed by atoms with Crippen LogP contribution in [0, 0.1) is 0 Å². The highest BCUT2D eigenvalue weighted by molar-refractivity contribution is 7.91. The fourth-order valence-electron chi connectivity index (χ4n) is 4.67. The normalized spacial score (nSPS) is 18.0. The van der Waals surface area contributed by atoms with E-state index < -0.39 is 71.7 Å². The minimum absolute atomic E-state index is 0.00186. The van der Waals surface area contributed by atoms with E-state index in [0.717, 1.165) is 36.7 Å². The van der Waals surface area contributed by atoms with Crippen molar-refractivity contribution in [3.05, 3.63) is 77.6 Å². The Morgan fingerprint density at radius 1 is 1.07 bits per heavy atom. The van der Waals surface area contributed by atoms with Crippen LogP contribution in [0.15, 0.2) is 65.8 Å². The Morgan fingerprint density at radius 3 is 2.24 bits per heavy atom. The summed E-state index contributed by atoms with van der Waals surface area (Å²) in [5.41, 5.74) is -0.468. The number of benzene rings is 2. The predicted molar refractivity (Wildman–Crippen MR) is 152 cm³/mol. The van der Waals surface area contributed by atoms with Gasteiger partial charge in [-0.2, -0.15) is 22.0 Å². The lowest BCUT2D eigenvalue weighted by molar-refractivity contribution is -0.247. The highest BCUT2D eigenvalue weighted by Gasteiger charge is 2.39. The number of ether oxygens (including phenoxy) is 2. The average Bonchev–Trinajstić information content (AvgIpc) is 3.45. The fraction of sp³-hybridized carbons (Fsp3) is 0.414. The largest absolute Gasteiger partial charge is 0.489 e. The van der Waals surface area contributed by atoms with Gasteiger partial charge in [0.05, 0.1) is 53.6 Å². The van der Waals surface area contributed by atoms with Crippen molar-refractivity contribution in [3.8, 4) is 5.75 Å². The molecule has 46 heavy (non-hydrogen) atoms. The molecule has 0 spiro atoms. The molecule has 0 unspecified atom stereocenters. The summed E-state index contributed by atoms with van der Waals surface area (Å²) in [4.78, 5) is 22.8. The van der Waals surface area contributed by atoms with Crippen LogP contribution in [-0.4, -0.2) is 79.8 Å². The van der Waals surface area contributed by atoms with Crippen molar-refractivity contribution in [3.63, 3.8) is 0 Å². The van der Waals surface area contributed by atoms with Gasteiger partial charge in [-0.05, 0) is 42.0 Å². The molecule has 2 N–H and O–H groups in total. The molecule has 0 radical (unpaired) electrons. The van der Waals surface area contributed by atoms with E-state index in [2.05, 4.69) is 20.0 Å². The zero-order chi connectivity index (χ0) is 33.7. The molecule has 1 aromatic heterocycles. The molecule has 17 heteroatoms. The van der Waals surface area contributed by atoms with Crippen LogP contribution in [0.3, 0.4) is 0 Å². The highest BCUT2D eigenvalue weighted by atomic mass is 32.2. The van der Waals surface area contributed by atoms with E-state index in [0.29, 0.717) is 5.56 Å². The molecule has 4 rings (SSSR count). The maximum Gasteiger partial charge on any atom is 0.416 e. The smallest absolute Gasteiger partial charge is 0.416 e. The molecule has 1 fully saturated rings. The van der Waals surface area contributed by atoms with E-state index in [4.69, 9.17) is 4.74 Å². The minimum Gasteiger partial charge on any atom is -0.489 e. The van der Waals surface area contributed by atoms with Gasteiger partial charge in [-0.15, -0.1) is 0 Å². The summed E-state index contributed by atoms with van der Waals surface area (Å²) in [5, 5.41) is 12.5. The van der Waals surface area contributed by atoms with Crippen LogP contribution in [0.1, 0.15) is 40.9 Å². The van der Waals surface area contributed by atoms with Crippen molar-refractivity contribution in [2.45, 2.75) is 48.7 Å². The molecule has 0 saturated carbocycles. The van der Waals surface area contributed by atoms with Gasteiger partial charge in [0.2, 0.25) is 5.95 Å². The molecule has 1 aliphatic heterocycles. The number of nitrogens with zero attached hydrogens (tertiary/aromatic N) is 3. The number of aliphatic hydroxyl groups excluding tert-OH is 1. The van der Waals surface area contributed by atoms with Crippen LogP contribution in [0.4, 0.5) is 32.3 Å². The molecule has 0 aliphatic carbocycles. The van der Waals surface area contributed by atoms with Crippen LogP contribution < -0.4 is 15.0 Å². The van der Waals surface area contributed by atoms with Gasteiger partial charge in [-0.25, -0.2) is 22.8 Å². The molecule has 3 atom stereocenters. The second kappa shape index (κ2) is 14.2. The standard InChI is InChI=1S/C29H30F6N4O6S/c1-2-46(42,43)24-9-3-18(4-10-24)25(15-40)38-26(41)19-12-36-27(37-13-19)39-14-23(11-21(39)16-44-28(31,32)17-30)45-22-7-5-20(6-8-22)29(33,34)35/h3-10,12-13,21,23,25,40H,2,11,14-17H2,1H3,(H,38,41)/t21-,23+,25-/m0/s1. The Hall–Kier alpha value is -3.96. The summed E-state index contributed by atoms with van der Waals surface area (Å²) in [6.45, 7) is -1.72. The second-order valence-corrected chi connectivity index (χ2v) is 12.6. The minimum atomic E-state index is -4.54. The Labute approximate surface area is 260 Å². The summed E-state index contributed by atoms with van der Waals surface area (Å²) < 4.78 is 113. The predicted octanol–water partition coefficient (Wildman–Crippen LogP) is 4.36.